The van der Waals surface area contributed by atoms with Crippen LogP contribution in [0.15, 0.2) is 94.7 Å². The molecule has 0 fully saturated rings. The number of rotatable bonds is 8. The lowest BCUT2D eigenvalue weighted by Gasteiger charge is -2.19. The Labute approximate surface area is 175 Å². The predicted molar refractivity (Wildman–Crippen MR) is 118 cm³/mol. The Morgan fingerprint density at radius 2 is 1.48 bits per heavy atom. The number of carbonyl (C=O) groups is 1. The molecule has 0 saturated heterocycles. The first-order valence-electron chi connectivity index (χ1n) is 9.05. The van der Waals surface area contributed by atoms with E-state index in [1.807, 2.05) is 54.8 Å². The summed E-state index contributed by atoms with van der Waals surface area (Å²) in [6.45, 7) is 0. The minimum atomic E-state index is -3.85. The van der Waals surface area contributed by atoms with E-state index >= 15 is 0 Å². The highest BCUT2D eigenvalue weighted by Gasteiger charge is 2.26. The van der Waals surface area contributed by atoms with E-state index < -0.39 is 22.0 Å². The molecule has 3 aromatic carbocycles. The number of hydrogen-bond donors (Lipinski definition) is 2. The van der Waals surface area contributed by atoms with Gasteiger partial charge >= 0.3 is 0 Å². The van der Waals surface area contributed by atoms with E-state index in [2.05, 4.69) is 10.0 Å². The first-order valence-corrected chi connectivity index (χ1v) is 11.8. The molecule has 0 aliphatic heterocycles. The number of thioether (sulfide) groups is 1. The third-order valence-corrected chi connectivity index (χ3v) is 6.60. The molecule has 0 spiro atoms. The summed E-state index contributed by atoms with van der Waals surface area (Å²) in [6, 6.07) is 23.8. The van der Waals surface area contributed by atoms with Crippen LogP contribution in [0.5, 0.6) is 0 Å². The maximum Gasteiger partial charge on any atom is 0.242 e. The molecule has 0 bridgehead atoms. The number of anilines is 1. The second-order valence-corrected chi connectivity index (χ2v) is 8.93. The molecule has 1 amide bonds. The Morgan fingerprint density at radius 1 is 0.897 bits per heavy atom. The van der Waals surface area contributed by atoms with Crippen molar-refractivity contribution in [2.24, 2.45) is 0 Å². The molecule has 0 aromatic heterocycles. The van der Waals surface area contributed by atoms with Gasteiger partial charge in [-0.3, -0.25) is 4.79 Å². The van der Waals surface area contributed by atoms with Crippen molar-refractivity contribution in [1.29, 1.82) is 0 Å². The summed E-state index contributed by atoms with van der Waals surface area (Å²) in [7, 11) is -3.85. The van der Waals surface area contributed by atoms with Crippen LogP contribution in [0.3, 0.4) is 0 Å². The fourth-order valence-corrected chi connectivity index (χ4v) is 4.63. The van der Waals surface area contributed by atoms with Crippen molar-refractivity contribution in [1.82, 2.24) is 4.72 Å². The van der Waals surface area contributed by atoms with Crippen LogP contribution in [0, 0.1) is 0 Å². The van der Waals surface area contributed by atoms with Crippen LogP contribution in [-0.2, 0) is 21.2 Å². The third kappa shape index (κ3) is 5.69. The zero-order valence-corrected chi connectivity index (χ0v) is 17.5. The summed E-state index contributed by atoms with van der Waals surface area (Å²) >= 11 is 1.51. The summed E-state index contributed by atoms with van der Waals surface area (Å²) in [5.41, 5.74) is 1.52. The maximum atomic E-state index is 13.0. The number of amides is 1. The standard InChI is InChI=1S/C22H22N2O3S2/c1-28-21-15-9-8-14-19(21)23-22(25)20(16-17-10-4-2-5-11-17)24-29(26,27)18-12-6-3-7-13-18/h2-15,20,24H,16H2,1H3,(H,23,25)/t20-/m1/s1. The van der Waals surface area contributed by atoms with Crippen molar-refractivity contribution in [3.8, 4) is 0 Å². The SMILES string of the molecule is CSc1ccccc1NC(=O)[C@@H](Cc1ccccc1)NS(=O)(=O)c1ccccc1. The molecular weight excluding hydrogens is 404 g/mol. The molecule has 0 aliphatic rings. The van der Waals surface area contributed by atoms with Crippen LogP contribution in [0.1, 0.15) is 5.56 Å². The number of sulfonamides is 1. The van der Waals surface area contributed by atoms with Gasteiger partial charge in [0.2, 0.25) is 15.9 Å². The molecule has 1 atom stereocenters. The minimum Gasteiger partial charge on any atom is -0.324 e. The van der Waals surface area contributed by atoms with Crippen LogP contribution in [0.4, 0.5) is 5.69 Å². The van der Waals surface area contributed by atoms with Crippen molar-refractivity contribution in [2.45, 2.75) is 22.3 Å². The third-order valence-electron chi connectivity index (χ3n) is 4.31. The molecule has 3 rings (SSSR count). The van der Waals surface area contributed by atoms with Crippen LogP contribution in [-0.4, -0.2) is 26.6 Å². The summed E-state index contributed by atoms with van der Waals surface area (Å²) in [4.78, 5) is 14.1. The summed E-state index contributed by atoms with van der Waals surface area (Å²) in [5.74, 6) is -0.408. The lowest BCUT2D eigenvalue weighted by molar-refractivity contribution is -0.117. The topological polar surface area (TPSA) is 75.3 Å². The predicted octanol–water partition coefficient (Wildman–Crippen LogP) is 3.94. The Balaban J connectivity index is 1.87. The van der Waals surface area contributed by atoms with E-state index in [-0.39, 0.29) is 11.3 Å². The molecule has 0 unspecified atom stereocenters. The van der Waals surface area contributed by atoms with Gasteiger partial charge in [0.05, 0.1) is 10.6 Å². The zero-order valence-electron chi connectivity index (χ0n) is 15.9. The van der Waals surface area contributed by atoms with E-state index in [1.165, 1.54) is 23.9 Å². The number of nitrogens with one attached hydrogen (secondary N) is 2. The first-order chi connectivity index (χ1) is 14.0. The average molecular weight is 427 g/mol. The van der Waals surface area contributed by atoms with Gasteiger partial charge in [0.1, 0.15) is 6.04 Å². The van der Waals surface area contributed by atoms with E-state index in [0.717, 1.165) is 10.5 Å². The quantitative estimate of drug-likeness (QED) is 0.535. The molecule has 3 aromatic rings. The molecule has 0 radical (unpaired) electrons. The van der Waals surface area contributed by atoms with Gasteiger partial charge < -0.3 is 5.32 Å². The van der Waals surface area contributed by atoms with Crippen LogP contribution < -0.4 is 10.0 Å². The summed E-state index contributed by atoms with van der Waals surface area (Å²) in [5, 5.41) is 2.87. The highest BCUT2D eigenvalue weighted by atomic mass is 32.2. The Bertz CT molecular complexity index is 1060. The van der Waals surface area contributed by atoms with E-state index in [9.17, 15) is 13.2 Å². The molecular formula is C22H22N2O3S2. The Kier molecular flexibility index (Phi) is 7.09. The van der Waals surface area contributed by atoms with Gasteiger partial charge in [-0.1, -0.05) is 60.7 Å². The molecule has 0 saturated carbocycles. The van der Waals surface area contributed by atoms with Crippen molar-refractivity contribution in [2.75, 3.05) is 11.6 Å². The normalized spacial score (nSPS) is 12.3. The number of hydrogen-bond acceptors (Lipinski definition) is 4. The fraction of sp³-hybridized carbons (Fsp3) is 0.136. The molecule has 29 heavy (non-hydrogen) atoms. The molecule has 2 N–H and O–H groups in total. The molecule has 0 heterocycles. The van der Waals surface area contributed by atoms with E-state index in [0.29, 0.717) is 5.69 Å². The van der Waals surface area contributed by atoms with Gasteiger partial charge in [0.25, 0.3) is 0 Å². The van der Waals surface area contributed by atoms with Crippen LogP contribution in [0.2, 0.25) is 0 Å². The molecule has 7 heteroatoms. The van der Waals surface area contributed by atoms with Gasteiger partial charge in [0.15, 0.2) is 0 Å². The summed E-state index contributed by atoms with van der Waals surface area (Å²) < 4.78 is 28.2. The average Bonchev–Trinajstić information content (AvgIpc) is 2.75. The molecule has 5 nitrogen and oxygen atoms in total. The van der Waals surface area contributed by atoms with E-state index in [4.69, 9.17) is 0 Å². The first kappa shape index (κ1) is 21.1. The highest BCUT2D eigenvalue weighted by molar-refractivity contribution is 7.98. The van der Waals surface area contributed by atoms with Crippen molar-refractivity contribution >= 4 is 33.4 Å². The number of benzene rings is 3. The van der Waals surface area contributed by atoms with Crippen molar-refractivity contribution in [3.63, 3.8) is 0 Å². The highest BCUT2D eigenvalue weighted by Crippen LogP contribution is 2.25. The summed E-state index contributed by atoms with van der Waals surface area (Å²) in [6.07, 6.45) is 2.16. The Morgan fingerprint density at radius 3 is 2.14 bits per heavy atom. The zero-order chi connectivity index (χ0) is 20.7. The van der Waals surface area contributed by atoms with Gasteiger partial charge in [-0.05, 0) is 42.5 Å². The van der Waals surface area contributed by atoms with E-state index in [1.54, 1.807) is 24.3 Å². The smallest absolute Gasteiger partial charge is 0.242 e. The van der Waals surface area contributed by atoms with Gasteiger partial charge in [-0.15, -0.1) is 11.8 Å². The molecule has 0 aliphatic carbocycles. The second kappa shape index (κ2) is 9.73. The van der Waals surface area contributed by atoms with Crippen LogP contribution >= 0.6 is 11.8 Å². The Hall–Kier alpha value is -2.61. The maximum absolute atomic E-state index is 13.0. The van der Waals surface area contributed by atoms with Crippen LogP contribution in [0.25, 0.3) is 0 Å². The largest absolute Gasteiger partial charge is 0.324 e. The number of para-hydroxylation sites is 1. The fourth-order valence-electron chi connectivity index (χ4n) is 2.86. The molecule has 150 valence electrons. The van der Waals surface area contributed by atoms with Crippen molar-refractivity contribution < 1.29 is 13.2 Å². The lowest BCUT2D eigenvalue weighted by atomic mass is 10.1. The van der Waals surface area contributed by atoms with Crippen molar-refractivity contribution in [3.05, 3.63) is 90.5 Å². The van der Waals surface area contributed by atoms with Gasteiger partial charge in [-0.2, -0.15) is 4.72 Å². The monoisotopic (exact) mass is 426 g/mol. The number of carbonyl (C=O) groups excluding carboxylic acids is 1. The lowest BCUT2D eigenvalue weighted by Crippen LogP contribution is -2.45. The second-order valence-electron chi connectivity index (χ2n) is 6.37. The van der Waals surface area contributed by atoms with Gasteiger partial charge in [-0.25, -0.2) is 8.42 Å². The van der Waals surface area contributed by atoms with Gasteiger partial charge in [0, 0.05) is 4.90 Å². The minimum absolute atomic E-state index is 0.121.